The summed E-state index contributed by atoms with van der Waals surface area (Å²) in [5, 5.41) is 0. The van der Waals surface area contributed by atoms with Crippen molar-refractivity contribution in [1.29, 1.82) is 0 Å². The Bertz CT molecular complexity index is 704. The molecule has 2 aliphatic rings. The van der Waals surface area contributed by atoms with Gasteiger partial charge in [0.1, 0.15) is 0 Å². The molecule has 0 aliphatic carbocycles. The van der Waals surface area contributed by atoms with E-state index in [1.54, 1.807) is 0 Å². The quantitative estimate of drug-likeness (QED) is 0.806. The lowest BCUT2D eigenvalue weighted by atomic mass is 9.77. The Morgan fingerprint density at radius 1 is 0.957 bits per heavy atom. The topological polar surface area (TPSA) is 35.5 Å². The van der Waals surface area contributed by atoms with Gasteiger partial charge < -0.3 is 9.47 Å². The van der Waals surface area contributed by atoms with Gasteiger partial charge in [-0.2, -0.15) is 0 Å². The molecule has 2 aromatic carbocycles. The molecule has 1 fully saturated rings. The van der Waals surface area contributed by atoms with Crippen molar-refractivity contribution in [1.82, 2.24) is 0 Å². The lowest BCUT2D eigenvalue weighted by Crippen LogP contribution is -2.32. The van der Waals surface area contributed by atoms with Crippen LogP contribution in [0.4, 0.5) is 0 Å². The van der Waals surface area contributed by atoms with Gasteiger partial charge in [-0.25, -0.2) is 4.79 Å². The number of carbonyl (C=O) groups is 1. The number of fused-ring (bicyclic) bond motifs is 1. The Morgan fingerprint density at radius 2 is 1.65 bits per heavy atom. The van der Waals surface area contributed by atoms with Crippen molar-refractivity contribution in [3.05, 3.63) is 71.3 Å². The minimum atomic E-state index is -0.656. The third-order valence-electron chi connectivity index (χ3n) is 5.01. The highest BCUT2D eigenvalue weighted by Crippen LogP contribution is 2.47. The molecule has 118 valence electrons. The van der Waals surface area contributed by atoms with Gasteiger partial charge in [-0.05, 0) is 31.2 Å². The van der Waals surface area contributed by atoms with Gasteiger partial charge in [-0.15, -0.1) is 0 Å². The Balaban J connectivity index is 1.81. The van der Waals surface area contributed by atoms with E-state index in [0.29, 0.717) is 11.5 Å². The molecule has 2 heterocycles. The number of esters is 1. The summed E-state index contributed by atoms with van der Waals surface area (Å²) in [6.45, 7) is 1.59. The van der Waals surface area contributed by atoms with Gasteiger partial charge in [-0.3, -0.25) is 0 Å². The molecule has 2 aliphatic heterocycles. The van der Waals surface area contributed by atoms with E-state index in [9.17, 15) is 4.79 Å². The van der Waals surface area contributed by atoms with Crippen LogP contribution in [0.3, 0.4) is 0 Å². The molecule has 0 bridgehead atoms. The first-order valence-electron chi connectivity index (χ1n) is 8.26. The fourth-order valence-corrected chi connectivity index (χ4v) is 3.83. The van der Waals surface area contributed by atoms with Crippen LogP contribution >= 0.6 is 0 Å². The third kappa shape index (κ3) is 2.45. The normalized spacial score (nSPS) is 24.3. The number of rotatable bonds is 3. The fourth-order valence-electron chi connectivity index (χ4n) is 3.83. The van der Waals surface area contributed by atoms with Crippen LogP contribution < -0.4 is 0 Å². The molecule has 4 rings (SSSR count). The van der Waals surface area contributed by atoms with Gasteiger partial charge in [0.25, 0.3) is 0 Å². The molecule has 0 radical (unpaired) electrons. The molecule has 1 saturated heterocycles. The van der Waals surface area contributed by atoms with Gasteiger partial charge in [-0.1, -0.05) is 48.5 Å². The minimum absolute atomic E-state index is 0.212. The van der Waals surface area contributed by atoms with Crippen LogP contribution in [0.2, 0.25) is 0 Å². The monoisotopic (exact) mass is 308 g/mol. The van der Waals surface area contributed by atoms with Crippen molar-refractivity contribution in [2.75, 3.05) is 13.2 Å². The number of cyclic esters (lactones) is 1. The van der Waals surface area contributed by atoms with Gasteiger partial charge in [0.2, 0.25) is 0 Å². The molecule has 3 nitrogen and oxygen atoms in total. The second kappa shape index (κ2) is 5.82. The highest BCUT2D eigenvalue weighted by Gasteiger charge is 2.47. The number of carbonyl (C=O) groups excluding carboxylic acids is 1. The molecule has 23 heavy (non-hydrogen) atoms. The average Bonchev–Trinajstić information content (AvgIpc) is 2.90. The lowest BCUT2D eigenvalue weighted by molar-refractivity contribution is -0.0135. The molecule has 0 saturated carbocycles. The summed E-state index contributed by atoms with van der Waals surface area (Å²) < 4.78 is 11.5. The van der Waals surface area contributed by atoms with Gasteiger partial charge in [0.15, 0.2) is 5.60 Å². The summed E-state index contributed by atoms with van der Waals surface area (Å²) in [5.74, 6) is 0.291. The number of hydrogen-bond acceptors (Lipinski definition) is 3. The fraction of sp³-hybridized carbons (Fsp3) is 0.350. The van der Waals surface area contributed by atoms with Crippen LogP contribution in [0, 0.1) is 5.92 Å². The molecule has 0 N–H and O–H groups in total. The first-order valence-corrected chi connectivity index (χ1v) is 8.26. The smallest absolute Gasteiger partial charge is 0.339 e. The molecule has 0 spiro atoms. The summed E-state index contributed by atoms with van der Waals surface area (Å²) in [7, 11) is 0. The molecule has 0 aromatic heterocycles. The van der Waals surface area contributed by atoms with E-state index >= 15 is 0 Å². The summed E-state index contributed by atoms with van der Waals surface area (Å²) >= 11 is 0. The zero-order valence-corrected chi connectivity index (χ0v) is 13.0. The highest BCUT2D eigenvalue weighted by atomic mass is 16.6. The third-order valence-corrected chi connectivity index (χ3v) is 5.01. The Kier molecular flexibility index (Phi) is 3.66. The SMILES string of the molecule is O=C1OC(CC2CCOCC2)(c2ccccc2)c2ccccc21. The Labute approximate surface area is 136 Å². The van der Waals surface area contributed by atoms with E-state index in [0.717, 1.165) is 43.6 Å². The van der Waals surface area contributed by atoms with E-state index in [4.69, 9.17) is 9.47 Å². The van der Waals surface area contributed by atoms with E-state index in [1.807, 2.05) is 42.5 Å². The number of hydrogen-bond donors (Lipinski definition) is 0. The number of ether oxygens (including phenoxy) is 2. The van der Waals surface area contributed by atoms with E-state index in [-0.39, 0.29) is 5.97 Å². The maximum absolute atomic E-state index is 12.4. The average molecular weight is 308 g/mol. The highest BCUT2D eigenvalue weighted by molar-refractivity contribution is 5.95. The first-order chi connectivity index (χ1) is 11.3. The Hall–Kier alpha value is -2.13. The molecule has 3 heteroatoms. The molecular formula is C20H20O3. The van der Waals surface area contributed by atoms with Crippen molar-refractivity contribution in [2.24, 2.45) is 5.92 Å². The van der Waals surface area contributed by atoms with E-state index < -0.39 is 5.60 Å². The van der Waals surface area contributed by atoms with Crippen molar-refractivity contribution < 1.29 is 14.3 Å². The van der Waals surface area contributed by atoms with Gasteiger partial charge in [0.05, 0.1) is 5.56 Å². The van der Waals surface area contributed by atoms with Crippen LogP contribution in [0.5, 0.6) is 0 Å². The molecular weight excluding hydrogens is 288 g/mol. The van der Waals surface area contributed by atoms with Crippen molar-refractivity contribution >= 4 is 5.97 Å². The Morgan fingerprint density at radius 3 is 2.43 bits per heavy atom. The van der Waals surface area contributed by atoms with Gasteiger partial charge >= 0.3 is 5.97 Å². The second-order valence-corrected chi connectivity index (χ2v) is 6.39. The number of benzene rings is 2. The van der Waals surface area contributed by atoms with Crippen LogP contribution in [0.25, 0.3) is 0 Å². The van der Waals surface area contributed by atoms with Crippen molar-refractivity contribution in [2.45, 2.75) is 24.9 Å². The van der Waals surface area contributed by atoms with Crippen LogP contribution in [-0.4, -0.2) is 19.2 Å². The predicted octanol–water partition coefficient (Wildman–Crippen LogP) is 3.92. The summed E-state index contributed by atoms with van der Waals surface area (Å²) in [6, 6.07) is 17.9. The molecule has 1 unspecified atom stereocenters. The second-order valence-electron chi connectivity index (χ2n) is 6.39. The molecule has 1 atom stereocenters. The molecule has 2 aromatic rings. The summed E-state index contributed by atoms with van der Waals surface area (Å²) in [4.78, 5) is 12.4. The predicted molar refractivity (Wildman–Crippen MR) is 87.2 cm³/mol. The maximum atomic E-state index is 12.4. The van der Waals surface area contributed by atoms with Crippen LogP contribution in [-0.2, 0) is 15.1 Å². The summed E-state index contributed by atoms with van der Waals surface area (Å²) in [6.07, 6.45) is 2.87. The van der Waals surface area contributed by atoms with E-state index in [2.05, 4.69) is 12.1 Å². The standard InChI is InChI=1S/C20H20O3/c21-19-17-8-4-5-9-18(17)20(23-19,16-6-2-1-3-7-16)14-15-10-12-22-13-11-15/h1-9,15H,10-14H2. The summed E-state index contributed by atoms with van der Waals surface area (Å²) in [5.41, 5.74) is 2.10. The van der Waals surface area contributed by atoms with Gasteiger partial charge in [0, 0.05) is 24.3 Å². The van der Waals surface area contributed by atoms with Crippen molar-refractivity contribution in [3.8, 4) is 0 Å². The largest absolute Gasteiger partial charge is 0.446 e. The first kappa shape index (κ1) is 14.5. The molecule has 0 amide bonds. The van der Waals surface area contributed by atoms with Crippen LogP contribution in [0.1, 0.15) is 40.7 Å². The zero-order valence-electron chi connectivity index (χ0n) is 13.0. The van der Waals surface area contributed by atoms with Crippen molar-refractivity contribution in [3.63, 3.8) is 0 Å². The lowest BCUT2D eigenvalue weighted by Gasteiger charge is -2.34. The zero-order chi connectivity index (χ0) is 15.7. The van der Waals surface area contributed by atoms with E-state index in [1.165, 1.54) is 0 Å². The maximum Gasteiger partial charge on any atom is 0.339 e. The minimum Gasteiger partial charge on any atom is -0.446 e. The van der Waals surface area contributed by atoms with Crippen LogP contribution in [0.15, 0.2) is 54.6 Å².